The molecule has 1 aliphatic rings. The lowest BCUT2D eigenvalue weighted by atomic mass is 9.69. The molecule has 2 heteroatoms. The summed E-state index contributed by atoms with van der Waals surface area (Å²) in [4.78, 5) is 0. The highest BCUT2D eigenvalue weighted by Gasteiger charge is 2.37. The number of rotatable bonds is 6. The minimum atomic E-state index is 0.485. The van der Waals surface area contributed by atoms with Crippen LogP contribution in [0, 0.1) is 11.3 Å². The van der Waals surface area contributed by atoms with E-state index in [1.165, 1.54) is 25.7 Å². The zero-order valence-electron chi connectivity index (χ0n) is 11.5. The summed E-state index contributed by atoms with van der Waals surface area (Å²) in [6, 6.07) is 0.591. The predicted octanol–water partition coefficient (Wildman–Crippen LogP) is 3.22. The Balaban J connectivity index is 2.59. The molecule has 16 heavy (non-hydrogen) atoms. The van der Waals surface area contributed by atoms with Crippen molar-refractivity contribution in [1.29, 1.82) is 0 Å². The molecule has 0 aliphatic carbocycles. The first-order valence-corrected chi connectivity index (χ1v) is 6.92. The highest BCUT2D eigenvalue weighted by atomic mass is 16.5. The van der Waals surface area contributed by atoms with E-state index < -0.39 is 0 Å². The quantitative estimate of drug-likeness (QED) is 0.752. The maximum Gasteiger partial charge on any atom is 0.0471 e. The van der Waals surface area contributed by atoms with Crippen LogP contribution in [-0.2, 0) is 4.74 Å². The first kappa shape index (κ1) is 14.0. The minimum absolute atomic E-state index is 0.485. The summed E-state index contributed by atoms with van der Waals surface area (Å²) in [5, 5.41) is 3.64. The van der Waals surface area contributed by atoms with Crippen LogP contribution in [0.25, 0.3) is 0 Å². The van der Waals surface area contributed by atoms with Crippen molar-refractivity contribution in [3.63, 3.8) is 0 Å². The smallest absolute Gasteiger partial charge is 0.0471 e. The highest BCUT2D eigenvalue weighted by Crippen LogP contribution is 2.39. The van der Waals surface area contributed by atoms with Crippen LogP contribution >= 0.6 is 0 Å². The Kier molecular flexibility index (Phi) is 5.77. The summed E-state index contributed by atoms with van der Waals surface area (Å²) in [6.45, 7) is 12.3. The number of nitrogens with one attached hydrogen (secondary N) is 1. The third kappa shape index (κ3) is 3.74. The van der Waals surface area contributed by atoms with Crippen LogP contribution in [0.15, 0.2) is 0 Å². The average molecular weight is 227 g/mol. The van der Waals surface area contributed by atoms with Gasteiger partial charge in [0.05, 0.1) is 0 Å². The van der Waals surface area contributed by atoms with Crippen molar-refractivity contribution in [2.45, 2.75) is 59.4 Å². The molecule has 1 fully saturated rings. The lowest BCUT2D eigenvalue weighted by molar-refractivity contribution is -0.0170. The SMILES string of the molecule is CCCC(C)C1(CNC(C)C)CCOCC1. The van der Waals surface area contributed by atoms with E-state index in [1.807, 2.05) is 0 Å². The molecule has 0 amide bonds. The maximum atomic E-state index is 5.53. The largest absolute Gasteiger partial charge is 0.381 e. The Morgan fingerprint density at radius 3 is 2.31 bits per heavy atom. The molecule has 1 saturated heterocycles. The molecule has 1 unspecified atom stereocenters. The van der Waals surface area contributed by atoms with Crippen molar-refractivity contribution < 1.29 is 4.74 Å². The monoisotopic (exact) mass is 227 g/mol. The van der Waals surface area contributed by atoms with Gasteiger partial charge in [-0.2, -0.15) is 0 Å². The minimum Gasteiger partial charge on any atom is -0.381 e. The molecule has 1 atom stereocenters. The summed E-state index contributed by atoms with van der Waals surface area (Å²) in [6.07, 6.45) is 5.10. The molecule has 0 saturated carbocycles. The predicted molar refractivity (Wildman–Crippen MR) is 69.7 cm³/mol. The van der Waals surface area contributed by atoms with Gasteiger partial charge in [0.2, 0.25) is 0 Å². The molecule has 0 spiro atoms. The van der Waals surface area contributed by atoms with E-state index in [0.29, 0.717) is 11.5 Å². The van der Waals surface area contributed by atoms with Gasteiger partial charge in [-0.05, 0) is 24.2 Å². The molecule has 0 aromatic carbocycles. The van der Waals surface area contributed by atoms with E-state index in [1.54, 1.807) is 0 Å². The fourth-order valence-electron chi connectivity index (χ4n) is 2.77. The van der Waals surface area contributed by atoms with Crippen molar-refractivity contribution in [1.82, 2.24) is 5.32 Å². The van der Waals surface area contributed by atoms with Crippen molar-refractivity contribution in [2.75, 3.05) is 19.8 Å². The lowest BCUT2D eigenvalue weighted by Gasteiger charge is -2.43. The average Bonchev–Trinajstić information content (AvgIpc) is 2.28. The van der Waals surface area contributed by atoms with Gasteiger partial charge >= 0.3 is 0 Å². The zero-order chi connectivity index (χ0) is 12.0. The molecule has 0 bridgehead atoms. The molecule has 0 aromatic rings. The van der Waals surface area contributed by atoms with Gasteiger partial charge < -0.3 is 10.1 Å². The second-order valence-electron chi connectivity index (χ2n) is 5.70. The highest BCUT2D eigenvalue weighted by molar-refractivity contribution is 4.88. The second-order valence-corrected chi connectivity index (χ2v) is 5.70. The van der Waals surface area contributed by atoms with Crippen LogP contribution in [-0.4, -0.2) is 25.8 Å². The fourth-order valence-corrected chi connectivity index (χ4v) is 2.77. The third-order valence-corrected chi connectivity index (χ3v) is 4.12. The van der Waals surface area contributed by atoms with Crippen LogP contribution in [0.3, 0.4) is 0 Å². The molecule has 1 heterocycles. The van der Waals surface area contributed by atoms with E-state index in [-0.39, 0.29) is 0 Å². The van der Waals surface area contributed by atoms with E-state index in [0.717, 1.165) is 25.7 Å². The summed E-state index contributed by atoms with van der Waals surface area (Å²) in [7, 11) is 0. The zero-order valence-corrected chi connectivity index (χ0v) is 11.5. The third-order valence-electron chi connectivity index (χ3n) is 4.12. The molecular formula is C14H29NO. The first-order valence-electron chi connectivity index (χ1n) is 6.92. The van der Waals surface area contributed by atoms with Gasteiger partial charge in [-0.15, -0.1) is 0 Å². The Morgan fingerprint density at radius 2 is 1.81 bits per heavy atom. The normalized spacial score (nSPS) is 22.3. The van der Waals surface area contributed by atoms with Crippen LogP contribution in [0.2, 0.25) is 0 Å². The van der Waals surface area contributed by atoms with Gasteiger partial charge in [0.15, 0.2) is 0 Å². The van der Waals surface area contributed by atoms with Crippen molar-refractivity contribution in [2.24, 2.45) is 11.3 Å². The van der Waals surface area contributed by atoms with Crippen LogP contribution in [0.4, 0.5) is 0 Å². The van der Waals surface area contributed by atoms with Crippen LogP contribution in [0.1, 0.15) is 53.4 Å². The first-order chi connectivity index (χ1) is 7.60. The molecule has 1 N–H and O–H groups in total. The van der Waals surface area contributed by atoms with Crippen molar-refractivity contribution in [3.05, 3.63) is 0 Å². The summed E-state index contributed by atoms with van der Waals surface area (Å²) in [5.41, 5.74) is 0.485. The van der Waals surface area contributed by atoms with Gasteiger partial charge in [0, 0.05) is 25.8 Å². The number of hydrogen-bond acceptors (Lipinski definition) is 2. The van der Waals surface area contributed by atoms with Gasteiger partial charge in [-0.3, -0.25) is 0 Å². The molecule has 2 nitrogen and oxygen atoms in total. The topological polar surface area (TPSA) is 21.3 Å². The molecule has 1 aliphatic heterocycles. The van der Waals surface area contributed by atoms with E-state index in [9.17, 15) is 0 Å². The molecule has 96 valence electrons. The molecule has 0 aromatic heterocycles. The summed E-state index contributed by atoms with van der Waals surface area (Å²) in [5.74, 6) is 0.813. The van der Waals surface area contributed by atoms with E-state index in [4.69, 9.17) is 4.74 Å². The van der Waals surface area contributed by atoms with Gasteiger partial charge in [0.1, 0.15) is 0 Å². The van der Waals surface area contributed by atoms with Gasteiger partial charge in [0.25, 0.3) is 0 Å². The molecule has 0 radical (unpaired) electrons. The Morgan fingerprint density at radius 1 is 1.19 bits per heavy atom. The molecule has 1 rings (SSSR count). The standard InChI is InChI=1S/C14H29NO/c1-5-6-13(4)14(11-15-12(2)3)7-9-16-10-8-14/h12-13,15H,5-11H2,1-4H3. The number of ether oxygens (including phenoxy) is 1. The summed E-state index contributed by atoms with van der Waals surface area (Å²) >= 11 is 0. The van der Waals surface area contributed by atoms with Gasteiger partial charge in [-0.1, -0.05) is 40.5 Å². The number of hydrogen-bond donors (Lipinski definition) is 1. The molecular weight excluding hydrogens is 198 g/mol. The Bertz CT molecular complexity index is 185. The lowest BCUT2D eigenvalue weighted by Crippen LogP contribution is -2.45. The maximum absolute atomic E-state index is 5.53. The van der Waals surface area contributed by atoms with Crippen molar-refractivity contribution >= 4 is 0 Å². The van der Waals surface area contributed by atoms with Crippen molar-refractivity contribution in [3.8, 4) is 0 Å². The fraction of sp³-hybridized carbons (Fsp3) is 1.00. The Hall–Kier alpha value is -0.0800. The van der Waals surface area contributed by atoms with E-state index in [2.05, 4.69) is 33.0 Å². The van der Waals surface area contributed by atoms with Crippen LogP contribution < -0.4 is 5.32 Å². The van der Waals surface area contributed by atoms with E-state index >= 15 is 0 Å². The van der Waals surface area contributed by atoms with Gasteiger partial charge in [-0.25, -0.2) is 0 Å². The summed E-state index contributed by atoms with van der Waals surface area (Å²) < 4.78 is 5.53. The van der Waals surface area contributed by atoms with Crippen LogP contribution in [0.5, 0.6) is 0 Å². The Labute approximate surface area is 101 Å². The second kappa shape index (κ2) is 6.61.